The van der Waals surface area contributed by atoms with Crippen LogP contribution >= 0.6 is 0 Å². The average Bonchev–Trinajstić information content (AvgIpc) is 2.54. The minimum Gasteiger partial charge on any atom is -0.455 e. The number of Topliss-reactive ketones (excluding diaryl/α,β-unsaturated/α-hetero) is 1. The summed E-state index contributed by atoms with van der Waals surface area (Å²) in [4.78, 5) is 36.0. The van der Waals surface area contributed by atoms with Crippen molar-refractivity contribution in [3.05, 3.63) is 30.1 Å². The molecular weight excluding hydrogens is 313 g/mol. The summed E-state index contributed by atoms with van der Waals surface area (Å²) in [6.45, 7) is -0.451. The van der Waals surface area contributed by atoms with Crippen molar-refractivity contribution in [1.29, 1.82) is 0 Å². The summed E-state index contributed by atoms with van der Waals surface area (Å²) in [6.07, 6.45) is 3.75. The van der Waals surface area contributed by atoms with E-state index in [0.717, 1.165) is 19.3 Å². The first-order valence-corrected chi connectivity index (χ1v) is 8.29. The highest BCUT2D eigenvalue weighted by molar-refractivity contribution is 5.93. The van der Waals surface area contributed by atoms with E-state index in [4.69, 9.17) is 4.74 Å². The molecule has 2 aliphatic rings. The smallest absolute Gasteiger partial charge is 0.309 e. The molecular formula is C18H20FNO4. The Balaban J connectivity index is 1.50. The molecule has 2 aliphatic carbocycles. The number of rotatable bonds is 4. The maximum Gasteiger partial charge on any atom is 0.309 e. The lowest BCUT2D eigenvalue weighted by Gasteiger charge is -2.36. The molecule has 2 fully saturated rings. The monoisotopic (exact) mass is 333 g/mol. The number of carbonyl (C=O) groups excluding carboxylic acids is 3. The Hall–Kier alpha value is -2.24. The van der Waals surface area contributed by atoms with Crippen LogP contribution in [0.2, 0.25) is 0 Å². The molecule has 0 aromatic heterocycles. The van der Waals surface area contributed by atoms with Crippen molar-refractivity contribution >= 4 is 23.3 Å². The normalized spacial score (nSPS) is 25.9. The third-order valence-electron chi connectivity index (χ3n) is 4.87. The largest absolute Gasteiger partial charge is 0.455 e. The van der Waals surface area contributed by atoms with Gasteiger partial charge in [0.15, 0.2) is 6.61 Å². The predicted molar refractivity (Wildman–Crippen MR) is 84.6 cm³/mol. The summed E-state index contributed by atoms with van der Waals surface area (Å²) in [6, 6.07) is 5.79. The van der Waals surface area contributed by atoms with E-state index in [1.165, 1.54) is 18.2 Å². The van der Waals surface area contributed by atoms with Gasteiger partial charge in [0.05, 0.1) is 11.6 Å². The summed E-state index contributed by atoms with van der Waals surface area (Å²) >= 11 is 0. The number of benzene rings is 1. The first-order chi connectivity index (χ1) is 11.5. The van der Waals surface area contributed by atoms with Crippen LogP contribution in [0.5, 0.6) is 0 Å². The van der Waals surface area contributed by atoms with E-state index < -0.39 is 24.3 Å². The molecule has 2 bridgehead atoms. The van der Waals surface area contributed by atoms with Crippen molar-refractivity contribution in [3.63, 3.8) is 0 Å². The topological polar surface area (TPSA) is 72.5 Å². The quantitative estimate of drug-likeness (QED) is 0.860. The number of fused-ring (bicyclic) bond motifs is 2. The number of ether oxygens (including phenoxy) is 1. The van der Waals surface area contributed by atoms with Gasteiger partial charge in [-0.05, 0) is 37.8 Å². The third-order valence-corrected chi connectivity index (χ3v) is 4.87. The fraction of sp³-hybridized carbons (Fsp3) is 0.500. The van der Waals surface area contributed by atoms with Crippen LogP contribution in [0.15, 0.2) is 24.3 Å². The van der Waals surface area contributed by atoms with Gasteiger partial charge in [0, 0.05) is 11.8 Å². The summed E-state index contributed by atoms with van der Waals surface area (Å²) in [5.74, 6) is -1.69. The van der Waals surface area contributed by atoms with Gasteiger partial charge in [-0.3, -0.25) is 14.4 Å². The van der Waals surface area contributed by atoms with E-state index in [0.29, 0.717) is 12.8 Å². The maximum atomic E-state index is 13.5. The Bertz CT molecular complexity index is 644. The van der Waals surface area contributed by atoms with Crippen LogP contribution in [0.25, 0.3) is 0 Å². The van der Waals surface area contributed by atoms with Crippen LogP contribution < -0.4 is 5.32 Å². The zero-order chi connectivity index (χ0) is 17.1. The fourth-order valence-electron chi connectivity index (χ4n) is 3.68. The molecule has 128 valence electrons. The van der Waals surface area contributed by atoms with E-state index in [-0.39, 0.29) is 29.2 Å². The number of amides is 1. The standard InChI is InChI=1S/C18H20FNO4/c19-14-6-1-2-7-15(14)20-16(21)10-24-18(23)13-8-11-4-3-5-12(9-13)17(11)22/h1-2,6-7,11-13H,3-5,8-10H2,(H,20,21)/t11-,12+,13?. The van der Waals surface area contributed by atoms with Crippen molar-refractivity contribution in [2.24, 2.45) is 17.8 Å². The Labute approximate surface area is 139 Å². The Morgan fingerprint density at radius 2 is 1.83 bits per heavy atom. The molecule has 3 rings (SSSR count). The third kappa shape index (κ3) is 3.63. The second-order valence-corrected chi connectivity index (χ2v) is 6.53. The summed E-state index contributed by atoms with van der Waals surface area (Å²) < 4.78 is 18.5. The summed E-state index contributed by atoms with van der Waals surface area (Å²) in [5, 5.41) is 2.37. The molecule has 0 spiro atoms. The number of esters is 1. The van der Waals surface area contributed by atoms with E-state index in [1.54, 1.807) is 6.07 Å². The van der Waals surface area contributed by atoms with Crippen molar-refractivity contribution in [1.82, 2.24) is 0 Å². The van der Waals surface area contributed by atoms with Crippen molar-refractivity contribution in [2.45, 2.75) is 32.1 Å². The second-order valence-electron chi connectivity index (χ2n) is 6.53. The molecule has 5 nitrogen and oxygen atoms in total. The van der Waals surface area contributed by atoms with Crippen molar-refractivity contribution < 1.29 is 23.5 Å². The van der Waals surface area contributed by atoms with Crippen LogP contribution in [-0.4, -0.2) is 24.3 Å². The Morgan fingerprint density at radius 1 is 1.17 bits per heavy atom. The minimum absolute atomic E-state index is 0.0395. The lowest BCUT2D eigenvalue weighted by atomic mass is 9.67. The fourth-order valence-corrected chi connectivity index (χ4v) is 3.68. The predicted octanol–water partition coefficient (Wildman–Crippen LogP) is 2.70. The lowest BCUT2D eigenvalue weighted by Crippen LogP contribution is -2.40. The van der Waals surface area contributed by atoms with Crippen LogP contribution in [0.4, 0.5) is 10.1 Å². The zero-order valence-corrected chi connectivity index (χ0v) is 13.3. The molecule has 1 aromatic carbocycles. The molecule has 6 heteroatoms. The number of halogens is 1. The van der Waals surface area contributed by atoms with Crippen molar-refractivity contribution in [2.75, 3.05) is 11.9 Å². The van der Waals surface area contributed by atoms with Crippen LogP contribution in [0.1, 0.15) is 32.1 Å². The number of hydrogen-bond acceptors (Lipinski definition) is 4. The molecule has 3 atom stereocenters. The van der Waals surface area contributed by atoms with Gasteiger partial charge in [0.25, 0.3) is 5.91 Å². The molecule has 24 heavy (non-hydrogen) atoms. The SMILES string of the molecule is O=C(COC(=O)C1C[C@H]2CCC[C@@H](C1)C2=O)Nc1ccccc1F. The van der Waals surface area contributed by atoms with Gasteiger partial charge in [0.2, 0.25) is 0 Å². The van der Waals surface area contributed by atoms with E-state index >= 15 is 0 Å². The highest BCUT2D eigenvalue weighted by Crippen LogP contribution is 2.40. The number of carbonyl (C=O) groups is 3. The maximum absolute atomic E-state index is 13.5. The average molecular weight is 333 g/mol. The molecule has 0 heterocycles. The molecule has 0 radical (unpaired) electrons. The summed E-state index contributed by atoms with van der Waals surface area (Å²) in [5.41, 5.74) is 0.0522. The van der Waals surface area contributed by atoms with E-state index in [2.05, 4.69) is 5.32 Å². The van der Waals surface area contributed by atoms with Crippen LogP contribution in [0.3, 0.4) is 0 Å². The highest BCUT2D eigenvalue weighted by Gasteiger charge is 2.41. The van der Waals surface area contributed by atoms with Gasteiger partial charge in [0.1, 0.15) is 11.6 Å². The molecule has 2 saturated carbocycles. The van der Waals surface area contributed by atoms with Gasteiger partial charge in [-0.25, -0.2) is 4.39 Å². The first-order valence-electron chi connectivity index (χ1n) is 8.29. The van der Waals surface area contributed by atoms with Crippen LogP contribution in [0, 0.1) is 23.6 Å². The van der Waals surface area contributed by atoms with E-state index in [1.807, 2.05) is 0 Å². The summed E-state index contributed by atoms with van der Waals surface area (Å²) in [7, 11) is 0. The second kappa shape index (κ2) is 7.11. The van der Waals surface area contributed by atoms with Crippen LogP contribution in [-0.2, 0) is 19.1 Å². The number of hydrogen-bond donors (Lipinski definition) is 1. The Morgan fingerprint density at radius 3 is 2.50 bits per heavy atom. The minimum atomic E-state index is -0.583. The number of ketones is 1. The van der Waals surface area contributed by atoms with E-state index in [9.17, 15) is 18.8 Å². The Kier molecular flexibility index (Phi) is 4.92. The lowest BCUT2D eigenvalue weighted by molar-refractivity contribution is -0.155. The molecule has 1 aromatic rings. The van der Waals surface area contributed by atoms with Crippen molar-refractivity contribution in [3.8, 4) is 0 Å². The van der Waals surface area contributed by atoms with Gasteiger partial charge < -0.3 is 10.1 Å². The van der Waals surface area contributed by atoms with Gasteiger partial charge in [-0.1, -0.05) is 18.6 Å². The highest BCUT2D eigenvalue weighted by atomic mass is 19.1. The molecule has 0 saturated heterocycles. The number of anilines is 1. The molecule has 1 amide bonds. The van der Waals surface area contributed by atoms with Gasteiger partial charge in [-0.2, -0.15) is 0 Å². The van der Waals surface area contributed by atoms with Gasteiger partial charge in [-0.15, -0.1) is 0 Å². The molecule has 1 N–H and O–H groups in total. The first kappa shape index (κ1) is 16.6. The number of nitrogens with one attached hydrogen (secondary N) is 1. The molecule has 0 aliphatic heterocycles. The van der Waals surface area contributed by atoms with Gasteiger partial charge >= 0.3 is 5.97 Å². The zero-order valence-electron chi connectivity index (χ0n) is 13.3. The number of para-hydroxylation sites is 1. The molecule has 1 unspecified atom stereocenters.